The molecule has 0 radical (unpaired) electrons. The second-order valence-electron chi connectivity index (χ2n) is 4.22. The Morgan fingerprint density at radius 2 is 2.26 bits per heavy atom. The standard InChI is InChI=1S/C12H13BrN4O2/c1-7-5-10(9(13)6-11(7)17(18)19)16-8(2)12-14-3-4-15-12/h3-6,8,16H,1-2H3,(H,14,15). The molecule has 0 aliphatic carbocycles. The van der Waals surface area contributed by atoms with Gasteiger partial charge in [0.1, 0.15) is 5.82 Å². The molecule has 0 aliphatic rings. The quantitative estimate of drug-likeness (QED) is 0.665. The van der Waals surface area contributed by atoms with Gasteiger partial charge in [0.05, 0.1) is 11.0 Å². The van der Waals surface area contributed by atoms with Crippen LogP contribution in [-0.2, 0) is 0 Å². The molecule has 19 heavy (non-hydrogen) atoms. The van der Waals surface area contributed by atoms with Crippen molar-refractivity contribution >= 4 is 27.3 Å². The fourth-order valence-electron chi connectivity index (χ4n) is 1.79. The van der Waals surface area contributed by atoms with E-state index in [0.717, 1.165) is 11.5 Å². The van der Waals surface area contributed by atoms with Gasteiger partial charge in [-0.05, 0) is 35.8 Å². The smallest absolute Gasteiger partial charge is 0.273 e. The van der Waals surface area contributed by atoms with Crippen LogP contribution < -0.4 is 5.32 Å². The number of nitro benzene ring substituents is 1. The first-order valence-electron chi connectivity index (χ1n) is 5.69. The summed E-state index contributed by atoms with van der Waals surface area (Å²) in [5.41, 5.74) is 1.51. The van der Waals surface area contributed by atoms with Gasteiger partial charge in [0.25, 0.3) is 5.69 Å². The molecule has 2 N–H and O–H groups in total. The van der Waals surface area contributed by atoms with Crippen molar-refractivity contribution in [2.24, 2.45) is 0 Å². The lowest BCUT2D eigenvalue weighted by Crippen LogP contribution is -2.09. The number of hydrogen-bond donors (Lipinski definition) is 2. The molecule has 0 saturated heterocycles. The number of nitrogens with one attached hydrogen (secondary N) is 2. The van der Waals surface area contributed by atoms with E-state index in [-0.39, 0.29) is 16.7 Å². The van der Waals surface area contributed by atoms with Crippen molar-refractivity contribution in [2.75, 3.05) is 5.32 Å². The summed E-state index contributed by atoms with van der Waals surface area (Å²) in [6, 6.07) is 3.24. The van der Waals surface area contributed by atoms with Crippen LogP contribution in [0.2, 0.25) is 0 Å². The molecule has 0 fully saturated rings. The van der Waals surface area contributed by atoms with Gasteiger partial charge in [0.15, 0.2) is 0 Å². The number of aryl methyl sites for hydroxylation is 1. The van der Waals surface area contributed by atoms with Crippen LogP contribution in [0.3, 0.4) is 0 Å². The SMILES string of the molecule is Cc1cc(NC(C)c2ncc[nH]2)c(Br)cc1[N+](=O)[O-]. The fraction of sp³-hybridized carbons (Fsp3) is 0.250. The minimum absolute atomic E-state index is 0.0212. The van der Waals surface area contributed by atoms with E-state index in [2.05, 4.69) is 31.2 Å². The molecule has 0 spiro atoms. The number of hydrogen-bond acceptors (Lipinski definition) is 4. The van der Waals surface area contributed by atoms with Gasteiger partial charge in [0, 0.05) is 34.2 Å². The zero-order valence-corrected chi connectivity index (χ0v) is 12.1. The van der Waals surface area contributed by atoms with Crippen molar-refractivity contribution in [1.82, 2.24) is 9.97 Å². The van der Waals surface area contributed by atoms with Crippen LogP contribution in [0.1, 0.15) is 24.4 Å². The normalized spacial score (nSPS) is 12.2. The summed E-state index contributed by atoms with van der Waals surface area (Å²) in [5.74, 6) is 0.808. The number of halogens is 1. The van der Waals surface area contributed by atoms with Crippen LogP contribution >= 0.6 is 15.9 Å². The zero-order valence-electron chi connectivity index (χ0n) is 10.5. The van der Waals surface area contributed by atoms with E-state index in [1.165, 1.54) is 6.07 Å². The van der Waals surface area contributed by atoms with Crippen molar-refractivity contribution < 1.29 is 4.92 Å². The van der Waals surface area contributed by atoms with Crippen LogP contribution in [-0.4, -0.2) is 14.9 Å². The van der Waals surface area contributed by atoms with Gasteiger partial charge in [-0.2, -0.15) is 0 Å². The van der Waals surface area contributed by atoms with Crippen LogP contribution in [0.5, 0.6) is 0 Å². The topological polar surface area (TPSA) is 83.8 Å². The van der Waals surface area contributed by atoms with Crippen molar-refractivity contribution in [3.63, 3.8) is 0 Å². The van der Waals surface area contributed by atoms with E-state index in [1.807, 2.05) is 6.92 Å². The highest BCUT2D eigenvalue weighted by Gasteiger charge is 2.16. The Hall–Kier alpha value is -1.89. The van der Waals surface area contributed by atoms with Crippen LogP contribution in [0.25, 0.3) is 0 Å². The second kappa shape index (κ2) is 5.40. The lowest BCUT2D eigenvalue weighted by Gasteiger charge is -2.15. The summed E-state index contributed by atoms with van der Waals surface area (Å²) in [6.45, 7) is 3.68. The summed E-state index contributed by atoms with van der Waals surface area (Å²) in [6.07, 6.45) is 3.44. The largest absolute Gasteiger partial charge is 0.374 e. The van der Waals surface area contributed by atoms with Gasteiger partial charge in [-0.15, -0.1) is 0 Å². The molecule has 1 aromatic carbocycles. The molecule has 1 atom stereocenters. The maximum Gasteiger partial charge on any atom is 0.273 e. The van der Waals surface area contributed by atoms with Gasteiger partial charge in [-0.25, -0.2) is 4.98 Å². The molecule has 0 amide bonds. The van der Waals surface area contributed by atoms with Gasteiger partial charge in [0.2, 0.25) is 0 Å². The minimum atomic E-state index is -0.389. The van der Waals surface area contributed by atoms with E-state index in [4.69, 9.17) is 0 Å². The molecule has 2 aromatic rings. The van der Waals surface area contributed by atoms with E-state index >= 15 is 0 Å². The van der Waals surface area contributed by atoms with Crippen molar-refractivity contribution in [1.29, 1.82) is 0 Å². The maximum atomic E-state index is 10.8. The Morgan fingerprint density at radius 1 is 1.53 bits per heavy atom. The number of nitro groups is 1. The average molecular weight is 325 g/mol. The van der Waals surface area contributed by atoms with Crippen molar-refractivity contribution in [3.8, 4) is 0 Å². The van der Waals surface area contributed by atoms with E-state index in [1.54, 1.807) is 25.4 Å². The molecule has 100 valence electrons. The van der Waals surface area contributed by atoms with Gasteiger partial charge in [-0.1, -0.05) is 0 Å². The van der Waals surface area contributed by atoms with Crippen molar-refractivity contribution in [3.05, 3.63) is 50.5 Å². The van der Waals surface area contributed by atoms with Crippen LogP contribution in [0.15, 0.2) is 29.0 Å². The predicted octanol–water partition coefficient (Wildman–Crippen LogP) is 3.56. The third kappa shape index (κ3) is 2.93. The van der Waals surface area contributed by atoms with E-state index in [9.17, 15) is 10.1 Å². The van der Waals surface area contributed by atoms with Gasteiger partial charge < -0.3 is 10.3 Å². The molecular formula is C12H13BrN4O2. The summed E-state index contributed by atoms with van der Waals surface area (Å²) in [5, 5.41) is 14.1. The summed E-state index contributed by atoms with van der Waals surface area (Å²) in [4.78, 5) is 17.6. The lowest BCUT2D eigenvalue weighted by molar-refractivity contribution is -0.385. The highest BCUT2D eigenvalue weighted by Crippen LogP contribution is 2.32. The summed E-state index contributed by atoms with van der Waals surface area (Å²) < 4.78 is 0.656. The highest BCUT2D eigenvalue weighted by atomic mass is 79.9. The van der Waals surface area contributed by atoms with E-state index in [0.29, 0.717) is 10.0 Å². The first-order chi connectivity index (χ1) is 8.99. The number of aromatic amines is 1. The second-order valence-corrected chi connectivity index (χ2v) is 5.07. The molecule has 6 nitrogen and oxygen atoms in total. The minimum Gasteiger partial charge on any atom is -0.374 e. The Morgan fingerprint density at radius 3 is 2.84 bits per heavy atom. The Balaban J connectivity index is 2.26. The van der Waals surface area contributed by atoms with Crippen LogP contribution in [0, 0.1) is 17.0 Å². The lowest BCUT2D eigenvalue weighted by atomic mass is 10.1. The zero-order chi connectivity index (χ0) is 14.0. The average Bonchev–Trinajstić information content (AvgIpc) is 2.86. The fourth-order valence-corrected chi connectivity index (χ4v) is 2.24. The third-order valence-corrected chi connectivity index (χ3v) is 3.44. The number of benzene rings is 1. The molecule has 1 aromatic heterocycles. The number of nitrogens with zero attached hydrogens (tertiary/aromatic N) is 2. The third-order valence-electron chi connectivity index (χ3n) is 2.78. The maximum absolute atomic E-state index is 10.8. The number of H-pyrrole nitrogens is 1. The van der Waals surface area contributed by atoms with E-state index < -0.39 is 0 Å². The number of rotatable bonds is 4. The Bertz CT molecular complexity index is 598. The molecule has 0 aliphatic heterocycles. The first-order valence-corrected chi connectivity index (χ1v) is 6.48. The molecule has 1 unspecified atom stereocenters. The van der Waals surface area contributed by atoms with Gasteiger partial charge >= 0.3 is 0 Å². The van der Waals surface area contributed by atoms with Crippen LogP contribution in [0.4, 0.5) is 11.4 Å². The highest BCUT2D eigenvalue weighted by molar-refractivity contribution is 9.10. The monoisotopic (exact) mass is 324 g/mol. The first kappa shape index (κ1) is 13.5. The predicted molar refractivity (Wildman–Crippen MR) is 76.2 cm³/mol. The van der Waals surface area contributed by atoms with Gasteiger partial charge in [-0.3, -0.25) is 10.1 Å². The number of aromatic nitrogens is 2. The number of anilines is 1. The number of imidazole rings is 1. The summed E-state index contributed by atoms with van der Waals surface area (Å²) >= 11 is 3.34. The molecule has 7 heteroatoms. The molecular weight excluding hydrogens is 312 g/mol. The Kier molecular flexibility index (Phi) is 3.84. The Labute approximate surface area is 118 Å². The molecule has 0 bridgehead atoms. The molecule has 2 rings (SSSR count). The molecule has 1 heterocycles. The van der Waals surface area contributed by atoms with Crippen molar-refractivity contribution in [2.45, 2.75) is 19.9 Å². The summed E-state index contributed by atoms with van der Waals surface area (Å²) in [7, 11) is 0. The molecule has 0 saturated carbocycles.